The standard InChI is InChI=1S/C25H19N3O/c1-17-14-19(18-10-12-26-13-11-18)6-9-23(17)27-16-28-24-5-3-2-4-21(24)22-8-7-20(29)15-25(22)28/h2-16,29H,1H3/b27-16+. The monoisotopic (exact) mass is 377 g/mol. The van der Waals surface area contributed by atoms with Gasteiger partial charge in [0.15, 0.2) is 0 Å². The second kappa shape index (κ2) is 6.91. The van der Waals surface area contributed by atoms with E-state index in [-0.39, 0.29) is 5.75 Å². The van der Waals surface area contributed by atoms with Crippen molar-refractivity contribution < 1.29 is 5.11 Å². The van der Waals surface area contributed by atoms with E-state index >= 15 is 0 Å². The number of aromatic hydroxyl groups is 1. The highest BCUT2D eigenvalue weighted by atomic mass is 16.3. The first kappa shape index (κ1) is 17.2. The number of aryl methyl sites for hydroxylation is 1. The van der Waals surface area contributed by atoms with Gasteiger partial charge in [0, 0.05) is 29.2 Å². The number of phenolic OH excluding ortho intramolecular Hbond substituents is 1. The molecule has 0 fully saturated rings. The fraction of sp³-hybridized carbons (Fsp3) is 0.0400. The lowest BCUT2D eigenvalue weighted by atomic mass is 10.0. The Kier molecular flexibility index (Phi) is 4.10. The number of benzene rings is 3. The fourth-order valence-corrected chi connectivity index (χ4v) is 3.76. The minimum Gasteiger partial charge on any atom is -0.508 e. The highest BCUT2D eigenvalue weighted by molar-refractivity contribution is 6.11. The Morgan fingerprint density at radius 2 is 1.62 bits per heavy atom. The van der Waals surface area contributed by atoms with E-state index in [0.29, 0.717) is 0 Å². The van der Waals surface area contributed by atoms with Crippen LogP contribution in [-0.2, 0) is 0 Å². The van der Waals surface area contributed by atoms with Crippen molar-refractivity contribution in [3.8, 4) is 16.9 Å². The van der Waals surface area contributed by atoms with Crippen molar-refractivity contribution >= 4 is 33.8 Å². The van der Waals surface area contributed by atoms with Gasteiger partial charge in [-0.2, -0.15) is 0 Å². The molecule has 0 bridgehead atoms. The van der Waals surface area contributed by atoms with Crippen molar-refractivity contribution in [1.29, 1.82) is 0 Å². The number of phenols is 1. The van der Waals surface area contributed by atoms with Gasteiger partial charge in [0.2, 0.25) is 0 Å². The smallest absolute Gasteiger partial charge is 0.117 e. The number of pyridine rings is 1. The second-order valence-electron chi connectivity index (χ2n) is 7.07. The Hall–Kier alpha value is -3.92. The maximum atomic E-state index is 9.99. The molecule has 0 aliphatic heterocycles. The summed E-state index contributed by atoms with van der Waals surface area (Å²) in [7, 11) is 0. The number of para-hydroxylation sites is 1. The van der Waals surface area contributed by atoms with Gasteiger partial charge < -0.3 is 5.11 Å². The molecule has 4 nitrogen and oxygen atoms in total. The Bertz CT molecular complexity index is 1370. The van der Waals surface area contributed by atoms with Crippen LogP contribution in [0.5, 0.6) is 5.75 Å². The van der Waals surface area contributed by atoms with Crippen molar-refractivity contribution in [2.24, 2.45) is 4.99 Å². The molecule has 4 heteroatoms. The van der Waals surface area contributed by atoms with Crippen LogP contribution in [0.25, 0.3) is 32.9 Å². The highest BCUT2D eigenvalue weighted by Gasteiger charge is 2.10. The third kappa shape index (κ3) is 3.05. The molecule has 0 saturated carbocycles. The van der Waals surface area contributed by atoms with Gasteiger partial charge in [-0.1, -0.05) is 24.3 Å². The molecule has 3 aromatic carbocycles. The summed E-state index contributed by atoms with van der Waals surface area (Å²) in [5.74, 6) is 0.243. The quantitative estimate of drug-likeness (QED) is 0.306. The summed E-state index contributed by atoms with van der Waals surface area (Å²) in [4.78, 5) is 8.84. The normalized spacial score (nSPS) is 11.6. The number of rotatable bonds is 3. The number of hydrogen-bond acceptors (Lipinski definition) is 3. The predicted octanol–water partition coefficient (Wildman–Crippen LogP) is 6.08. The van der Waals surface area contributed by atoms with Gasteiger partial charge in [-0.3, -0.25) is 9.55 Å². The van der Waals surface area contributed by atoms with Crippen molar-refractivity contribution in [2.45, 2.75) is 6.92 Å². The number of aliphatic imine (C=N–C) groups is 1. The summed E-state index contributed by atoms with van der Waals surface area (Å²) >= 11 is 0. The largest absolute Gasteiger partial charge is 0.508 e. The molecule has 1 N–H and O–H groups in total. The van der Waals surface area contributed by atoms with E-state index in [1.165, 1.54) is 0 Å². The molecule has 0 aliphatic rings. The molecule has 2 heterocycles. The van der Waals surface area contributed by atoms with Gasteiger partial charge in [-0.15, -0.1) is 0 Å². The molecule has 2 aromatic heterocycles. The molecular weight excluding hydrogens is 358 g/mol. The van der Waals surface area contributed by atoms with E-state index in [0.717, 1.165) is 44.2 Å². The number of aromatic nitrogens is 2. The molecule has 140 valence electrons. The Balaban J connectivity index is 1.60. The maximum absolute atomic E-state index is 9.99. The molecule has 0 radical (unpaired) electrons. The van der Waals surface area contributed by atoms with Gasteiger partial charge >= 0.3 is 0 Å². The first-order chi connectivity index (χ1) is 14.2. The summed E-state index contributed by atoms with van der Waals surface area (Å²) in [6.45, 7) is 2.06. The van der Waals surface area contributed by atoms with Gasteiger partial charge in [-0.05, 0) is 66.1 Å². The first-order valence-corrected chi connectivity index (χ1v) is 9.47. The van der Waals surface area contributed by atoms with E-state index in [4.69, 9.17) is 4.99 Å². The fourth-order valence-electron chi connectivity index (χ4n) is 3.76. The second-order valence-corrected chi connectivity index (χ2v) is 7.07. The van der Waals surface area contributed by atoms with Crippen molar-refractivity contribution in [1.82, 2.24) is 9.55 Å². The summed E-state index contributed by atoms with van der Waals surface area (Å²) in [6, 6.07) is 23.9. The number of fused-ring (bicyclic) bond motifs is 3. The minimum atomic E-state index is 0.243. The molecule has 5 aromatic rings. The lowest BCUT2D eigenvalue weighted by molar-refractivity contribution is 0.476. The van der Waals surface area contributed by atoms with Crippen LogP contribution < -0.4 is 0 Å². The van der Waals surface area contributed by atoms with E-state index in [2.05, 4.69) is 36.2 Å². The SMILES string of the molecule is Cc1cc(-c2ccncc2)ccc1/N=C/n1c2ccccc2c2ccc(O)cc21. The average Bonchev–Trinajstić information content (AvgIpc) is 3.06. The van der Waals surface area contributed by atoms with Crippen molar-refractivity contribution in [2.75, 3.05) is 0 Å². The predicted molar refractivity (Wildman–Crippen MR) is 119 cm³/mol. The van der Waals surface area contributed by atoms with E-state index in [9.17, 15) is 5.11 Å². The van der Waals surface area contributed by atoms with Gasteiger partial charge in [-0.25, -0.2) is 4.99 Å². The lowest BCUT2D eigenvalue weighted by Crippen LogP contribution is -1.94. The summed E-state index contributed by atoms with van der Waals surface area (Å²) < 4.78 is 2.03. The molecule has 0 saturated heterocycles. The van der Waals surface area contributed by atoms with Crippen LogP contribution in [0, 0.1) is 6.92 Å². The van der Waals surface area contributed by atoms with Gasteiger partial charge in [0.25, 0.3) is 0 Å². The molecular formula is C25H19N3O. The van der Waals surface area contributed by atoms with Crippen LogP contribution in [0.4, 0.5) is 5.69 Å². The zero-order chi connectivity index (χ0) is 19.8. The van der Waals surface area contributed by atoms with Crippen LogP contribution in [0.2, 0.25) is 0 Å². The molecule has 0 aliphatic carbocycles. The first-order valence-electron chi connectivity index (χ1n) is 9.47. The maximum Gasteiger partial charge on any atom is 0.117 e. The van der Waals surface area contributed by atoms with Crippen LogP contribution in [0.3, 0.4) is 0 Å². The number of hydrogen-bond donors (Lipinski definition) is 1. The molecule has 0 spiro atoms. The van der Waals surface area contributed by atoms with Crippen molar-refractivity contribution in [3.05, 3.63) is 90.8 Å². The molecule has 0 atom stereocenters. The third-order valence-corrected chi connectivity index (χ3v) is 5.22. The molecule has 0 unspecified atom stereocenters. The minimum absolute atomic E-state index is 0.243. The van der Waals surface area contributed by atoms with Crippen LogP contribution in [0.1, 0.15) is 5.56 Å². The zero-order valence-electron chi connectivity index (χ0n) is 15.9. The third-order valence-electron chi connectivity index (χ3n) is 5.22. The molecule has 5 rings (SSSR count). The van der Waals surface area contributed by atoms with Crippen LogP contribution in [-0.4, -0.2) is 21.0 Å². The Morgan fingerprint density at radius 1 is 0.828 bits per heavy atom. The van der Waals surface area contributed by atoms with E-state index in [1.54, 1.807) is 24.5 Å². The van der Waals surface area contributed by atoms with E-state index in [1.807, 2.05) is 47.3 Å². The lowest BCUT2D eigenvalue weighted by Gasteiger charge is -2.06. The van der Waals surface area contributed by atoms with Gasteiger partial charge in [0.1, 0.15) is 12.1 Å². The van der Waals surface area contributed by atoms with Crippen molar-refractivity contribution in [3.63, 3.8) is 0 Å². The Labute approximate surface area is 168 Å². The number of nitrogens with zero attached hydrogens (tertiary/aromatic N) is 3. The van der Waals surface area contributed by atoms with E-state index < -0.39 is 0 Å². The summed E-state index contributed by atoms with van der Waals surface area (Å²) in [5.41, 5.74) is 6.28. The van der Waals surface area contributed by atoms with Crippen LogP contribution >= 0.6 is 0 Å². The highest BCUT2D eigenvalue weighted by Crippen LogP contribution is 2.31. The van der Waals surface area contributed by atoms with Crippen LogP contribution in [0.15, 0.2) is 90.2 Å². The zero-order valence-corrected chi connectivity index (χ0v) is 15.9. The molecule has 29 heavy (non-hydrogen) atoms. The van der Waals surface area contributed by atoms with Gasteiger partial charge in [0.05, 0.1) is 16.7 Å². The summed E-state index contributed by atoms with van der Waals surface area (Å²) in [5, 5.41) is 12.2. The molecule has 0 amide bonds. The Morgan fingerprint density at radius 3 is 2.45 bits per heavy atom. The summed E-state index contributed by atoms with van der Waals surface area (Å²) in [6.07, 6.45) is 5.43. The topological polar surface area (TPSA) is 50.4 Å². The average molecular weight is 377 g/mol.